The summed E-state index contributed by atoms with van der Waals surface area (Å²) in [5.41, 5.74) is 7.39. The van der Waals surface area contributed by atoms with Crippen molar-refractivity contribution in [2.45, 2.75) is 19.1 Å². The van der Waals surface area contributed by atoms with Crippen molar-refractivity contribution < 1.29 is 14.6 Å². The minimum Gasteiger partial charge on any atom is -0.468 e. The van der Waals surface area contributed by atoms with Gasteiger partial charge in [0.25, 0.3) is 0 Å². The molecule has 0 heterocycles. The normalized spacial score (nSPS) is 12.2. The van der Waals surface area contributed by atoms with E-state index in [4.69, 9.17) is 10.8 Å². The van der Waals surface area contributed by atoms with E-state index >= 15 is 0 Å². The first kappa shape index (κ1) is 11.7. The first-order chi connectivity index (χ1) is 7.17. The summed E-state index contributed by atoms with van der Waals surface area (Å²) in [7, 11) is 1.32. The molecule has 4 nitrogen and oxygen atoms in total. The topological polar surface area (TPSA) is 72.5 Å². The van der Waals surface area contributed by atoms with Gasteiger partial charge >= 0.3 is 5.97 Å². The number of hydrogen-bond donors (Lipinski definition) is 2. The van der Waals surface area contributed by atoms with E-state index in [0.717, 1.165) is 11.1 Å². The van der Waals surface area contributed by atoms with Gasteiger partial charge in [0.15, 0.2) is 0 Å². The highest BCUT2D eigenvalue weighted by Crippen LogP contribution is 2.06. The highest BCUT2D eigenvalue weighted by atomic mass is 16.5. The lowest BCUT2D eigenvalue weighted by Gasteiger charge is -2.09. The Labute approximate surface area is 88.7 Å². The lowest BCUT2D eigenvalue weighted by molar-refractivity contribution is -0.142. The average Bonchev–Trinajstić information content (AvgIpc) is 2.29. The van der Waals surface area contributed by atoms with Gasteiger partial charge in [-0.1, -0.05) is 24.3 Å². The number of methoxy groups -OCH3 is 1. The lowest BCUT2D eigenvalue weighted by atomic mass is 10.1. The molecule has 82 valence electrons. The molecule has 1 rings (SSSR count). The average molecular weight is 209 g/mol. The number of carbonyl (C=O) groups excluding carboxylic acids is 1. The number of carbonyl (C=O) groups is 1. The van der Waals surface area contributed by atoms with Gasteiger partial charge in [-0.3, -0.25) is 4.79 Å². The first-order valence-corrected chi connectivity index (χ1v) is 4.69. The van der Waals surface area contributed by atoms with E-state index in [1.54, 1.807) is 12.1 Å². The number of ether oxygens (including phenoxy) is 1. The maximum atomic E-state index is 11.1. The molecule has 1 atom stereocenters. The number of benzene rings is 1. The summed E-state index contributed by atoms with van der Waals surface area (Å²) in [6.07, 6.45) is 0.443. The zero-order valence-corrected chi connectivity index (χ0v) is 8.64. The Bertz CT molecular complexity index is 321. The Morgan fingerprint density at radius 2 is 1.93 bits per heavy atom. The molecule has 0 bridgehead atoms. The molecule has 0 unspecified atom stereocenters. The Hall–Kier alpha value is -1.39. The van der Waals surface area contributed by atoms with Crippen molar-refractivity contribution in [1.29, 1.82) is 0 Å². The number of aliphatic hydroxyl groups is 1. The van der Waals surface area contributed by atoms with Crippen LogP contribution in [0, 0.1) is 0 Å². The van der Waals surface area contributed by atoms with Gasteiger partial charge in [0.05, 0.1) is 13.7 Å². The first-order valence-electron chi connectivity index (χ1n) is 4.69. The summed E-state index contributed by atoms with van der Waals surface area (Å²) in [5.74, 6) is -0.416. The van der Waals surface area contributed by atoms with Crippen LogP contribution in [0.1, 0.15) is 11.1 Å². The van der Waals surface area contributed by atoms with E-state index in [1.165, 1.54) is 7.11 Å². The fourth-order valence-corrected chi connectivity index (χ4v) is 1.27. The van der Waals surface area contributed by atoms with Gasteiger partial charge in [-0.05, 0) is 17.5 Å². The fourth-order valence-electron chi connectivity index (χ4n) is 1.27. The van der Waals surface area contributed by atoms with Crippen molar-refractivity contribution in [3.05, 3.63) is 35.4 Å². The van der Waals surface area contributed by atoms with Gasteiger partial charge in [-0.25, -0.2) is 0 Å². The third-order valence-corrected chi connectivity index (χ3v) is 2.17. The summed E-state index contributed by atoms with van der Waals surface area (Å²) < 4.78 is 4.53. The summed E-state index contributed by atoms with van der Waals surface area (Å²) in [4.78, 5) is 11.1. The molecule has 0 spiro atoms. The van der Waals surface area contributed by atoms with E-state index in [2.05, 4.69) is 4.74 Å². The zero-order chi connectivity index (χ0) is 11.3. The summed E-state index contributed by atoms with van der Waals surface area (Å²) >= 11 is 0. The predicted molar refractivity (Wildman–Crippen MR) is 56.1 cm³/mol. The van der Waals surface area contributed by atoms with E-state index in [-0.39, 0.29) is 6.61 Å². The number of esters is 1. The Kier molecular flexibility index (Phi) is 4.27. The lowest BCUT2D eigenvalue weighted by Crippen LogP contribution is -2.33. The SMILES string of the molecule is COC(=O)[C@H](N)Cc1ccc(CO)cc1. The molecule has 0 aliphatic carbocycles. The van der Waals surface area contributed by atoms with Crippen LogP contribution in [0.25, 0.3) is 0 Å². The van der Waals surface area contributed by atoms with Crippen molar-refractivity contribution in [2.24, 2.45) is 5.73 Å². The summed E-state index contributed by atoms with van der Waals surface area (Å²) in [6, 6.07) is 6.66. The third-order valence-electron chi connectivity index (χ3n) is 2.17. The third kappa shape index (κ3) is 3.34. The molecule has 0 aromatic heterocycles. The Morgan fingerprint density at radius 3 is 2.40 bits per heavy atom. The predicted octanol–water partition coefficient (Wildman–Crippen LogP) is 0.222. The van der Waals surface area contributed by atoms with Crippen molar-refractivity contribution in [1.82, 2.24) is 0 Å². The molecule has 0 saturated carbocycles. The van der Waals surface area contributed by atoms with Crippen LogP contribution in [0.4, 0.5) is 0 Å². The highest BCUT2D eigenvalue weighted by molar-refractivity contribution is 5.75. The molecule has 0 amide bonds. The van der Waals surface area contributed by atoms with Crippen molar-refractivity contribution in [3.63, 3.8) is 0 Å². The second-order valence-electron chi connectivity index (χ2n) is 3.31. The fraction of sp³-hybridized carbons (Fsp3) is 0.364. The zero-order valence-electron chi connectivity index (χ0n) is 8.64. The van der Waals surface area contributed by atoms with Crippen molar-refractivity contribution >= 4 is 5.97 Å². The molecule has 0 saturated heterocycles. The molecule has 1 aromatic carbocycles. The van der Waals surface area contributed by atoms with Crippen molar-refractivity contribution in [3.8, 4) is 0 Å². The van der Waals surface area contributed by atoms with Gasteiger partial charge < -0.3 is 15.6 Å². The minimum atomic E-state index is -0.630. The van der Waals surface area contributed by atoms with Gasteiger partial charge in [0, 0.05) is 0 Å². The monoisotopic (exact) mass is 209 g/mol. The number of hydrogen-bond acceptors (Lipinski definition) is 4. The van der Waals surface area contributed by atoms with Crippen LogP contribution in [-0.4, -0.2) is 24.2 Å². The highest BCUT2D eigenvalue weighted by Gasteiger charge is 2.13. The molecule has 4 heteroatoms. The van der Waals surface area contributed by atoms with Crippen molar-refractivity contribution in [2.75, 3.05) is 7.11 Å². The molecule has 15 heavy (non-hydrogen) atoms. The molecule has 1 aromatic rings. The summed E-state index contributed by atoms with van der Waals surface area (Å²) in [6.45, 7) is 0.0172. The largest absolute Gasteiger partial charge is 0.468 e. The van der Waals surface area contributed by atoms with Crippen LogP contribution < -0.4 is 5.73 Å². The van der Waals surface area contributed by atoms with Crippen LogP contribution >= 0.6 is 0 Å². The van der Waals surface area contributed by atoms with E-state index < -0.39 is 12.0 Å². The summed E-state index contributed by atoms with van der Waals surface area (Å²) in [5, 5.41) is 8.84. The molecular formula is C11H15NO3. The molecule has 0 aliphatic rings. The smallest absolute Gasteiger partial charge is 0.322 e. The van der Waals surface area contributed by atoms with Crippen LogP contribution in [0.2, 0.25) is 0 Å². The maximum absolute atomic E-state index is 11.1. The standard InChI is InChI=1S/C11H15NO3/c1-15-11(14)10(12)6-8-2-4-9(7-13)5-3-8/h2-5,10,13H,6-7,12H2,1H3/t10-/m1/s1. The number of rotatable bonds is 4. The van der Waals surface area contributed by atoms with E-state index in [1.807, 2.05) is 12.1 Å². The molecule has 0 radical (unpaired) electrons. The van der Waals surface area contributed by atoms with Gasteiger partial charge in [0.1, 0.15) is 6.04 Å². The van der Waals surface area contributed by atoms with Crippen LogP contribution in [0.15, 0.2) is 24.3 Å². The van der Waals surface area contributed by atoms with Crippen LogP contribution in [0.5, 0.6) is 0 Å². The number of nitrogens with two attached hydrogens (primary N) is 1. The second kappa shape index (κ2) is 5.48. The maximum Gasteiger partial charge on any atom is 0.322 e. The van der Waals surface area contributed by atoms with Crippen LogP contribution in [-0.2, 0) is 22.6 Å². The van der Waals surface area contributed by atoms with Gasteiger partial charge in [-0.2, -0.15) is 0 Å². The number of aliphatic hydroxyl groups excluding tert-OH is 1. The molecule has 0 aliphatic heterocycles. The molecular weight excluding hydrogens is 194 g/mol. The van der Waals surface area contributed by atoms with Gasteiger partial charge in [0.2, 0.25) is 0 Å². The Morgan fingerprint density at radius 1 is 1.40 bits per heavy atom. The quantitative estimate of drug-likeness (QED) is 0.696. The minimum absolute atomic E-state index is 0.0172. The Balaban J connectivity index is 2.60. The molecule has 3 N–H and O–H groups in total. The van der Waals surface area contributed by atoms with E-state index in [9.17, 15) is 4.79 Å². The van der Waals surface area contributed by atoms with E-state index in [0.29, 0.717) is 6.42 Å². The van der Waals surface area contributed by atoms with Gasteiger partial charge in [-0.15, -0.1) is 0 Å². The molecule has 0 fully saturated rings. The van der Waals surface area contributed by atoms with Crippen LogP contribution in [0.3, 0.4) is 0 Å². The second-order valence-corrected chi connectivity index (χ2v) is 3.31.